The van der Waals surface area contributed by atoms with Crippen LogP contribution in [0.5, 0.6) is 28.7 Å². The third-order valence-corrected chi connectivity index (χ3v) is 13.6. The minimum atomic E-state index is -1.34. The van der Waals surface area contributed by atoms with Crippen LogP contribution < -0.4 is 24.4 Å². The molecule has 0 saturated carbocycles. The fourth-order valence-corrected chi connectivity index (χ4v) is 10.2. The van der Waals surface area contributed by atoms with Crippen LogP contribution in [0.4, 0.5) is 0 Å². The number of phenolic OH excluding ortho intramolecular Hbond substituents is 1. The van der Waals surface area contributed by atoms with Crippen molar-refractivity contribution in [2.24, 2.45) is 0 Å². The molecule has 88 heavy (non-hydrogen) atoms. The lowest BCUT2D eigenvalue weighted by molar-refractivity contribution is -0.138. The molecule has 13 nitrogen and oxygen atoms in total. The molecule has 0 radical (unpaired) electrons. The summed E-state index contributed by atoms with van der Waals surface area (Å²) >= 11 is 10.2. The van der Waals surface area contributed by atoms with Gasteiger partial charge >= 0.3 is 25.0 Å². The number of hydrogen-bond donors (Lipinski definition) is 3. The zero-order valence-corrected chi connectivity index (χ0v) is 59.3. The van der Waals surface area contributed by atoms with Gasteiger partial charge in [0.25, 0.3) is 0 Å². The van der Waals surface area contributed by atoms with Crippen molar-refractivity contribution in [2.75, 3.05) is 49.8 Å². The number of esters is 3. The fourth-order valence-electron chi connectivity index (χ4n) is 8.11. The van der Waals surface area contributed by atoms with E-state index in [1.54, 1.807) is 52.7 Å². The normalized spacial score (nSPS) is 9.38. The van der Waals surface area contributed by atoms with Crippen molar-refractivity contribution in [2.45, 2.75) is 90.0 Å². The van der Waals surface area contributed by atoms with Gasteiger partial charge in [-0.3, -0.25) is 14.4 Å². The highest BCUT2D eigenvalue weighted by Gasteiger charge is 2.10. The first-order valence-corrected chi connectivity index (χ1v) is 29.9. The Bertz CT molecular complexity index is 3060. The first kappa shape index (κ1) is 80.6. The molecule has 0 bridgehead atoms. The molecule has 474 valence electrons. The van der Waals surface area contributed by atoms with Gasteiger partial charge < -0.3 is 48.3 Å². The maximum atomic E-state index is 9.59. The largest absolute Gasteiger partial charge is 0.507 e. The summed E-state index contributed by atoms with van der Waals surface area (Å²) in [6, 6.07) is 50.1. The minimum absolute atomic E-state index is 0.245. The average Bonchev–Trinajstić information content (AvgIpc) is 3.55. The number of carbonyl (C=O) groups is 3. The van der Waals surface area contributed by atoms with Crippen LogP contribution >= 0.6 is 47.8 Å². The Morgan fingerprint density at radius 3 is 0.705 bits per heavy atom. The van der Waals surface area contributed by atoms with Gasteiger partial charge in [-0.1, -0.05) is 139 Å². The van der Waals surface area contributed by atoms with Gasteiger partial charge in [0, 0.05) is 34.2 Å². The Morgan fingerprint density at radius 1 is 0.330 bits per heavy atom. The van der Waals surface area contributed by atoms with E-state index in [0.717, 1.165) is 47.5 Å². The molecule has 0 spiro atoms. The second-order valence-electron chi connectivity index (χ2n) is 19.4. The molecule has 0 aromatic heterocycles. The van der Waals surface area contributed by atoms with Crippen molar-refractivity contribution in [3.8, 4) is 51.0 Å². The van der Waals surface area contributed by atoms with Gasteiger partial charge in [0.1, 0.15) is 28.7 Å². The summed E-state index contributed by atoms with van der Waals surface area (Å²) < 4.78 is 36.7. The Kier molecular flexibility index (Phi) is 40.4. The summed E-state index contributed by atoms with van der Waals surface area (Å²) in [7, 11) is 9.54. The number of carbonyl (C=O) groups excluding carboxylic acids is 3. The van der Waals surface area contributed by atoms with E-state index in [9.17, 15) is 19.5 Å². The molecular weight excluding hydrogens is 1310 g/mol. The third kappa shape index (κ3) is 31.5. The lowest BCUT2D eigenvalue weighted by atomic mass is 9.81. The molecule has 8 aromatic carbocycles. The van der Waals surface area contributed by atoms with Crippen LogP contribution in [0, 0.1) is 69.2 Å². The quantitative estimate of drug-likeness (QED) is 0.0781. The van der Waals surface area contributed by atoms with Gasteiger partial charge in [0.05, 0.1) is 49.8 Å². The predicted molar refractivity (Wildman–Crippen MR) is 371 cm³/mol. The molecule has 0 fully saturated rings. The van der Waals surface area contributed by atoms with E-state index in [1.165, 1.54) is 109 Å². The molecular formula is C71H88BBr3O13. The third-order valence-electron chi connectivity index (χ3n) is 12.2. The van der Waals surface area contributed by atoms with Crippen LogP contribution in [0.1, 0.15) is 76.4 Å². The molecule has 0 atom stereocenters. The van der Waals surface area contributed by atoms with E-state index in [1.807, 2.05) is 96.1 Å². The van der Waals surface area contributed by atoms with Gasteiger partial charge in [0.2, 0.25) is 0 Å². The molecule has 8 rings (SSSR count). The highest BCUT2D eigenvalue weighted by Crippen LogP contribution is 2.32. The SMILES string of the molecule is COC(C)=O.COC(C)=O.COC(C)=O.COc1c(C)cc(-c2ccccc2)cc1C.COc1c(C)cc(-c2ccccc2)cc1C.COc1c(C)cc(Br)cc1C.COc1c(C)cc(Br)cc1C.Cc1cc(Br)cc(C)c1O.OB(O)c1ccccc1. The summed E-state index contributed by atoms with van der Waals surface area (Å²) in [5, 5.41) is 26.5. The van der Waals surface area contributed by atoms with Gasteiger partial charge in [0.15, 0.2) is 0 Å². The van der Waals surface area contributed by atoms with Crippen LogP contribution in [-0.2, 0) is 28.6 Å². The topological polar surface area (TPSA) is 177 Å². The molecule has 0 aliphatic carbocycles. The van der Waals surface area contributed by atoms with E-state index in [0.29, 0.717) is 11.2 Å². The van der Waals surface area contributed by atoms with E-state index in [2.05, 4.69) is 162 Å². The summed E-state index contributed by atoms with van der Waals surface area (Å²) in [4.78, 5) is 28.8. The zero-order chi connectivity index (χ0) is 67.2. The Balaban J connectivity index is 0.000000996. The highest BCUT2D eigenvalue weighted by molar-refractivity contribution is 9.11. The number of phenols is 1. The minimum Gasteiger partial charge on any atom is -0.507 e. The smallest absolute Gasteiger partial charge is 0.488 e. The van der Waals surface area contributed by atoms with Crippen molar-refractivity contribution >= 4 is 78.3 Å². The second kappa shape index (κ2) is 44.1. The van der Waals surface area contributed by atoms with E-state index < -0.39 is 7.12 Å². The standard InChI is InChI=1S/2C15H16O.2C9H11BrO.C8H9BrO.C6H7BO2.3C3H6O2/c2*1-11-9-14(10-12(2)15(11)16-3)13-7-5-4-6-8-13;2*1-6-4-8(10)5-7(2)9(6)11-3;1-5-3-7(9)4-6(2)8(5)10;8-7(9)6-4-2-1-3-5-6;3*1-3(4)5-2/h2*4-10H,1-3H3;2*4-5H,1-3H3;3-4,10H,1-2H3;1-5,8-9H;3*1-2H3. The lowest BCUT2D eigenvalue weighted by Gasteiger charge is -2.11. The number of aromatic hydroxyl groups is 1. The highest BCUT2D eigenvalue weighted by atomic mass is 79.9. The number of rotatable bonds is 7. The van der Waals surface area contributed by atoms with Crippen LogP contribution in [0.2, 0.25) is 0 Å². The van der Waals surface area contributed by atoms with Crippen LogP contribution in [0.3, 0.4) is 0 Å². The van der Waals surface area contributed by atoms with Crippen molar-refractivity contribution in [1.82, 2.24) is 0 Å². The van der Waals surface area contributed by atoms with Crippen LogP contribution in [-0.4, -0.2) is 89.9 Å². The van der Waals surface area contributed by atoms with E-state index in [-0.39, 0.29) is 17.9 Å². The molecule has 0 heterocycles. The number of hydrogen-bond acceptors (Lipinski definition) is 13. The average molecular weight is 1400 g/mol. The Hall–Kier alpha value is -7.41. The first-order chi connectivity index (χ1) is 41.5. The van der Waals surface area contributed by atoms with Crippen molar-refractivity contribution in [1.29, 1.82) is 0 Å². The monoisotopic (exact) mass is 1400 g/mol. The predicted octanol–water partition coefficient (Wildman–Crippen LogP) is 16.8. The van der Waals surface area contributed by atoms with E-state index >= 15 is 0 Å². The molecule has 3 N–H and O–H groups in total. The fraction of sp³-hybridized carbons (Fsp3) is 0.282. The number of methoxy groups -OCH3 is 7. The molecule has 0 aliphatic heterocycles. The molecule has 0 aliphatic rings. The molecule has 0 unspecified atom stereocenters. The summed E-state index contributed by atoms with van der Waals surface area (Å²) in [6.45, 7) is 24.3. The van der Waals surface area contributed by atoms with Gasteiger partial charge in [-0.15, -0.1) is 0 Å². The van der Waals surface area contributed by atoms with Gasteiger partial charge in [-0.2, -0.15) is 0 Å². The van der Waals surface area contributed by atoms with Crippen molar-refractivity contribution in [3.05, 3.63) is 221 Å². The number of halogens is 3. The maximum Gasteiger partial charge on any atom is 0.488 e. The van der Waals surface area contributed by atoms with E-state index in [4.69, 9.17) is 29.0 Å². The molecule has 0 amide bonds. The summed E-state index contributed by atoms with van der Waals surface area (Å²) in [5.41, 5.74) is 16.7. The number of ether oxygens (including phenoxy) is 7. The molecule has 17 heteroatoms. The first-order valence-electron chi connectivity index (χ1n) is 27.5. The summed E-state index contributed by atoms with van der Waals surface area (Å²) in [6.07, 6.45) is 0. The van der Waals surface area contributed by atoms with Crippen molar-refractivity contribution < 1.29 is 62.7 Å². The zero-order valence-electron chi connectivity index (χ0n) is 54.6. The van der Waals surface area contributed by atoms with Crippen LogP contribution in [0.15, 0.2) is 165 Å². The number of benzene rings is 8. The Labute approximate surface area is 548 Å². The second-order valence-corrected chi connectivity index (χ2v) is 22.2. The number of aryl methyl sites for hydroxylation is 10. The molecule has 8 aromatic rings. The molecule has 0 saturated heterocycles. The van der Waals surface area contributed by atoms with Crippen LogP contribution in [0.25, 0.3) is 22.3 Å². The Morgan fingerprint density at radius 2 is 0.523 bits per heavy atom. The lowest BCUT2D eigenvalue weighted by Crippen LogP contribution is -2.29. The van der Waals surface area contributed by atoms with Gasteiger partial charge in [-0.05, 0) is 213 Å². The van der Waals surface area contributed by atoms with Crippen molar-refractivity contribution in [3.63, 3.8) is 0 Å². The summed E-state index contributed by atoms with van der Waals surface area (Å²) in [5.74, 6) is 3.59. The maximum absolute atomic E-state index is 9.59. The van der Waals surface area contributed by atoms with Gasteiger partial charge in [-0.25, -0.2) is 0 Å².